The zero-order chi connectivity index (χ0) is 20.1. The third-order valence-corrected chi connectivity index (χ3v) is 8.34. The summed E-state index contributed by atoms with van der Waals surface area (Å²) < 4.78 is 16.9. The fourth-order valence-electron chi connectivity index (χ4n) is 3.95. The van der Waals surface area contributed by atoms with E-state index in [-0.39, 0.29) is 4.21 Å². The van der Waals surface area contributed by atoms with Gasteiger partial charge in [0.25, 0.3) is 0 Å². The Morgan fingerprint density at radius 2 is 2.21 bits per heavy atom. The molecule has 28 heavy (non-hydrogen) atoms. The van der Waals surface area contributed by atoms with Gasteiger partial charge in [0.2, 0.25) is 0 Å². The van der Waals surface area contributed by atoms with Crippen molar-refractivity contribution in [3.63, 3.8) is 0 Å². The molecule has 2 amide bonds. The second-order valence-corrected chi connectivity index (χ2v) is 10.5. The maximum atomic E-state index is 12.8. The molecule has 0 aliphatic heterocycles. The summed E-state index contributed by atoms with van der Waals surface area (Å²) in [5, 5.41) is 20.0. The lowest BCUT2D eigenvalue weighted by Crippen LogP contribution is -2.18. The summed E-state index contributed by atoms with van der Waals surface area (Å²) in [6.45, 7) is 3.76. The molecule has 4 N–H and O–H groups in total. The average Bonchev–Trinajstić information content (AvgIpc) is 3.34. The van der Waals surface area contributed by atoms with Crippen molar-refractivity contribution in [3.05, 3.63) is 39.5 Å². The molecule has 0 spiro atoms. The SMILES string of the molecule is CC(O)c1csc([S@](N)(=O)=NC(=O)Nc2c3c(nc4c2CC[C@H]4C)CCC3)c1. The van der Waals surface area contributed by atoms with Gasteiger partial charge in [0, 0.05) is 11.4 Å². The smallest absolute Gasteiger partial charge is 0.354 e. The van der Waals surface area contributed by atoms with Crippen LogP contribution in [0.15, 0.2) is 20.0 Å². The van der Waals surface area contributed by atoms with Crippen LogP contribution in [0.3, 0.4) is 0 Å². The fourth-order valence-corrected chi connectivity index (χ4v) is 6.17. The zero-order valence-electron chi connectivity index (χ0n) is 15.9. The Balaban J connectivity index is 1.67. The quantitative estimate of drug-likeness (QED) is 0.702. The van der Waals surface area contributed by atoms with Gasteiger partial charge in [-0.25, -0.2) is 14.1 Å². The van der Waals surface area contributed by atoms with Crippen LogP contribution in [0.2, 0.25) is 0 Å². The van der Waals surface area contributed by atoms with E-state index < -0.39 is 22.1 Å². The number of nitrogens with two attached hydrogens (primary N) is 1. The highest BCUT2D eigenvalue weighted by Gasteiger charge is 2.30. The molecule has 2 aromatic heterocycles. The number of urea groups is 1. The zero-order valence-corrected chi connectivity index (χ0v) is 17.5. The van der Waals surface area contributed by atoms with Crippen LogP contribution in [0.5, 0.6) is 0 Å². The first-order valence-corrected chi connectivity index (χ1v) is 11.9. The number of carbonyl (C=O) groups excluding carboxylic acids is 1. The van der Waals surface area contributed by atoms with E-state index in [0.29, 0.717) is 11.5 Å². The van der Waals surface area contributed by atoms with Gasteiger partial charge in [-0.3, -0.25) is 4.98 Å². The molecule has 2 aromatic rings. The molecule has 7 nitrogen and oxygen atoms in total. The van der Waals surface area contributed by atoms with Crippen molar-refractivity contribution in [1.29, 1.82) is 0 Å². The maximum absolute atomic E-state index is 12.8. The first-order valence-electron chi connectivity index (χ1n) is 9.43. The van der Waals surface area contributed by atoms with Gasteiger partial charge in [0.1, 0.15) is 4.21 Å². The molecule has 0 fully saturated rings. The standard InChI is InChI=1S/C19H24N4O3S2/c1-10-6-7-14-17(10)21-15-5-3-4-13(15)18(14)22-19(25)23-28(20,26)16-8-12(9-27-16)11(2)24/h8-11,24H,3-7H2,1-2H3,(H3,20,21,22,23,25,26)/t10-,11?,28-/m1/s1. The monoisotopic (exact) mass is 420 g/mol. The van der Waals surface area contributed by atoms with Crippen LogP contribution in [-0.4, -0.2) is 20.3 Å². The molecule has 0 radical (unpaired) electrons. The normalized spacial score (nSPS) is 20.9. The highest BCUT2D eigenvalue weighted by molar-refractivity contribution is 7.93. The number of hydrogen-bond acceptors (Lipinski definition) is 5. The molecule has 4 rings (SSSR count). The minimum absolute atomic E-state index is 0.275. The number of aliphatic hydroxyl groups excluding tert-OH is 1. The molecule has 1 unspecified atom stereocenters. The van der Waals surface area contributed by atoms with E-state index in [2.05, 4.69) is 16.6 Å². The number of pyridine rings is 1. The predicted octanol–water partition coefficient (Wildman–Crippen LogP) is 3.67. The molecule has 150 valence electrons. The van der Waals surface area contributed by atoms with Crippen LogP contribution < -0.4 is 10.5 Å². The summed E-state index contributed by atoms with van der Waals surface area (Å²) in [5.74, 6) is 0.372. The van der Waals surface area contributed by atoms with E-state index in [9.17, 15) is 14.1 Å². The third-order valence-electron chi connectivity index (χ3n) is 5.47. The highest BCUT2D eigenvalue weighted by atomic mass is 32.2. The second-order valence-electron chi connectivity index (χ2n) is 7.53. The number of aliphatic hydroxyl groups is 1. The first kappa shape index (κ1) is 19.5. The minimum atomic E-state index is -3.38. The van der Waals surface area contributed by atoms with E-state index in [1.807, 2.05) is 0 Å². The number of amides is 2. The van der Waals surface area contributed by atoms with Gasteiger partial charge in [-0.1, -0.05) is 6.92 Å². The van der Waals surface area contributed by atoms with Crippen molar-refractivity contribution in [3.8, 4) is 0 Å². The third kappa shape index (κ3) is 3.47. The van der Waals surface area contributed by atoms with Gasteiger partial charge in [-0.05, 0) is 73.1 Å². The number of hydrogen-bond donors (Lipinski definition) is 3. The van der Waals surface area contributed by atoms with Crippen LogP contribution >= 0.6 is 11.3 Å². The molecule has 0 saturated carbocycles. The first-order chi connectivity index (χ1) is 13.3. The van der Waals surface area contributed by atoms with E-state index >= 15 is 0 Å². The number of nitrogens with zero attached hydrogens (tertiary/aromatic N) is 2. The Bertz CT molecular complexity index is 1070. The van der Waals surface area contributed by atoms with Crippen LogP contribution in [0.4, 0.5) is 10.5 Å². The number of rotatable bonds is 3. The Morgan fingerprint density at radius 1 is 1.43 bits per heavy atom. The molecule has 0 bridgehead atoms. The Labute approximate surface area is 168 Å². The number of fused-ring (bicyclic) bond motifs is 2. The number of thiophene rings is 1. The Hall–Kier alpha value is -1.81. The van der Waals surface area contributed by atoms with Gasteiger partial charge in [-0.2, -0.15) is 0 Å². The summed E-state index contributed by atoms with van der Waals surface area (Å²) in [6, 6.07) is 0.833. The van der Waals surface area contributed by atoms with E-state index in [0.717, 1.165) is 71.6 Å². The largest absolute Gasteiger partial charge is 0.389 e. The van der Waals surface area contributed by atoms with E-state index in [4.69, 9.17) is 10.1 Å². The molecule has 2 aliphatic rings. The van der Waals surface area contributed by atoms with Crippen molar-refractivity contribution in [2.75, 3.05) is 5.32 Å². The Kier molecular flexibility index (Phi) is 5.03. The van der Waals surface area contributed by atoms with Crippen LogP contribution in [0.1, 0.15) is 66.8 Å². The van der Waals surface area contributed by atoms with Crippen molar-refractivity contribution in [2.45, 2.75) is 62.2 Å². The lowest BCUT2D eigenvalue weighted by Gasteiger charge is -2.15. The molecule has 0 aromatic carbocycles. The number of carbonyl (C=O) groups is 1. The van der Waals surface area contributed by atoms with E-state index in [1.54, 1.807) is 12.3 Å². The van der Waals surface area contributed by atoms with Crippen molar-refractivity contribution in [1.82, 2.24) is 4.98 Å². The van der Waals surface area contributed by atoms with Gasteiger partial charge < -0.3 is 10.4 Å². The van der Waals surface area contributed by atoms with Gasteiger partial charge in [-0.15, -0.1) is 15.7 Å². The van der Waals surface area contributed by atoms with Crippen LogP contribution in [0, 0.1) is 0 Å². The number of anilines is 1. The Morgan fingerprint density at radius 3 is 2.93 bits per heavy atom. The van der Waals surface area contributed by atoms with Crippen LogP contribution in [-0.2, 0) is 29.2 Å². The summed E-state index contributed by atoms with van der Waals surface area (Å²) in [4.78, 5) is 17.5. The number of nitrogens with one attached hydrogen (secondary N) is 1. The van der Waals surface area contributed by atoms with Crippen molar-refractivity contribution in [2.24, 2.45) is 9.50 Å². The lowest BCUT2D eigenvalue weighted by atomic mass is 10.0. The van der Waals surface area contributed by atoms with Crippen LogP contribution in [0.25, 0.3) is 0 Å². The van der Waals surface area contributed by atoms with Gasteiger partial charge in [0.15, 0.2) is 9.92 Å². The second kappa shape index (κ2) is 7.22. The summed E-state index contributed by atoms with van der Waals surface area (Å²) in [5.41, 5.74) is 5.66. The maximum Gasteiger partial charge on any atom is 0.354 e. The molecular weight excluding hydrogens is 396 g/mol. The molecule has 3 atom stereocenters. The fraction of sp³-hybridized carbons (Fsp3) is 0.474. The summed E-state index contributed by atoms with van der Waals surface area (Å²) in [7, 11) is -3.38. The summed E-state index contributed by atoms with van der Waals surface area (Å²) >= 11 is 1.13. The highest BCUT2D eigenvalue weighted by Crippen LogP contribution is 2.41. The van der Waals surface area contributed by atoms with Crippen molar-refractivity contribution < 1.29 is 14.1 Å². The number of aromatic nitrogens is 1. The number of aryl methyl sites for hydroxylation is 1. The average molecular weight is 421 g/mol. The predicted molar refractivity (Wildman–Crippen MR) is 110 cm³/mol. The molecule has 0 saturated heterocycles. The summed E-state index contributed by atoms with van der Waals surface area (Å²) in [6.07, 6.45) is 3.99. The molecule has 2 heterocycles. The minimum Gasteiger partial charge on any atom is -0.389 e. The molecule has 2 aliphatic carbocycles. The molecule has 9 heteroatoms. The van der Waals surface area contributed by atoms with E-state index in [1.165, 1.54) is 6.07 Å². The lowest BCUT2D eigenvalue weighted by molar-refractivity contribution is 0.199. The topological polar surface area (TPSA) is 118 Å². The van der Waals surface area contributed by atoms with Crippen molar-refractivity contribution >= 4 is 33.0 Å². The molecular formula is C19H24N4O3S2. The van der Waals surface area contributed by atoms with Gasteiger partial charge in [0.05, 0.1) is 11.8 Å². The van der Waals surface area contributed by atoms with Gasteiger partial charge >= 0.3 is 6.03 Å².